The van der Waals surface area contributed by atoms with Gasteiger partial charge in [0.25, 0.3) is 0 Å². The lowest BCUT2D eigenvalue weighted by Crippen LogP contribution is -2.52. The van der Waals surface area contributed by atoms with E-state index in [1.54, 1.807) is 4.90 Å². The van der Waals surface area contributed by atoms with Gasteiger partial charge in [-0.15, -0.1) is 0 Å². The van der Waals surface area contributed by atoms with E-state index >= 15 is 0 Å². The Morgan fingerprint density at radius 1 is 0.960 bits per heavy atom. The highest BCUT2D eigenvalue weighted by molar-refractivity contribution is 7.89. The van der Waals surface area contributed by atoms with Crippen molar-refractivity contribution in [2.24, 2.45) is 0 Å². The second-order valence-corrected chi connectivity index (χ2v) is 9.10. The molecular weight excluding hydrogens is 385 g/mol. The van der Waals surface area contributed by atoms with Crippen LogP contribution in [0.5, 0.6) is 0 Å². The van der Waals surface area contributed by atoms with Crippen LogP contribution in [-0.4, -0.2) is 74.2 Å². The second kappa shape index (κ2) is 7.80. The first-order valence-corrected chi connectivity index (χ1v) is 10.5. The molecule has 3 rings (SSSR count). The summed E-state index contributed by atoms with van der Waals surface area (Å²) in [6.07, 6.45) is 2.28. The zero-order valence-corrected chi connectivity index (χ0v) is 16.2. The molecule has 138 valence electrons. The number of benzene rings is 1. The van der Waals surface area contributed by atoms with Crippen LogP contribution in [0.2, 0.25) is 10.0 Å². The van der Waals surface area contributed by atoms with Crippen LogP contribution in [-0.2, 0) is 14.8 Å². The maximum atomic E-state index is 12.7. The predicted octanol–water partition coefficient (Wildman–Crippen LogP) is 1.92. The fourth-order valence-electron chi connectivity index (χ4n) is 3.20. The van der Waals surface area contributed by atoms with Crippen molar-refractivity contribution < 1.29 is 13.2 Å². The van der Waals surface area contributed by atoms with E-state index in [2.05, 4.69) is 4.90 Å². The molecule has 0 spiro atoms. The third kappa shape index (κ3) is 4.28. The molecule has 2 fully saturated rings. The third-order valence-electron chi connectivity index (χ3n) is 4.68. The fraction of sp³-hybridized carbons (Fsp3) is 0.562. The summed E-state index contributed by atoms with van der Waals surface area (Å²) in [6, 6.07) is 4.30. The molecule has 0 saturated carbocycles. The average molecular weight is 406 g/mol. The first kappa shape index (κ1) is 18.9. The summed E-state index contributed by atoms with van der Waals surface area (Å²) in [5.74, 6) is 0.0773. The molecule has 0 aromatic heterocycles. The Balaban J connectivity index is 1.60. The number of carbonyl (C=O) groups excluding carboxylic acids is 1. The van der Waals surface area contributed by atoms with Gasteiger partial charge in [0, 0.05) is 26.2 Å². The molecule has 1 aromatic rings. The average Bonchev–Trinajstić information content (AvgIpc) is 3.10. The van der Waals surface area contributed by atoms with Crippen LogP contribution in [0.3, 0.4) is 0 Å². The SMILES string of the molecule is O=C(CN1CCCC1)N1CCN(S(=O)(=O)c2ccc(Cl)c(Cl)c2)CC1. The summed E-state index contributed by atoms with van der Waals surface area (Å²) in [6.45, 7) is 3.76. The van der Waals surface area contributed by atoms with Crippen molar-refractivity contribution >= 4 is 39.1 Å². The van der Waals surface area contributed by atoms with E-state index in [1.165, 1.54) is 22.5 Å². The summed E-state index contributed by atoms with van der Waals surface area (Å²) in [5, 5.41) is 0.528. The molecule has 0 atom stereocenters. The third-order valence-corrected chi connectivity index (χ3v) is 7.31. The molecule has 2 heterocycles. The van der Waals surface area contributed by atoms with Crippen molar-refractivity contribution in [3.8, 4) is 0 Å². The zero-order valence-electron chi connectivity index (χ0n) is 13.8. The number of likely N-dealkylation sites (tertiary alicyclic amines) is 1. The van der Waals surface area contributed by atoms with Crippen molar-refractivity contribution in [1.82, 2.24) is 14.1 Å². The van der Waals surface area contributed by atoms with Crippen LogP contribution < -0.4 is 0 Å². The lowest BCUT2D eigenvalue weighted by molar-refractivity contribution is -0.133. The van der Waals surface area contributed by atoms with Gasteiger partial charge in [0.1, 0.15) is 0 Å². The van der Waals surface area contributed by atoms with Crippen molar-refractivity contribution in [2.75, 3.05) is 45.8 Å². The number of nitrogens with zero attached hydrogens (tertiary/aromatic N) is 3. The number of sulfonamides is 1. The monoisotopic (exact) mass is 405 g/mol. The normalized spacial score (nSPS) is 20.2. The van der Waals surface area contributed by atoms with E-state index in [9.17, 15) is 13.2 Å². The summed E-state index contributed by atoms with van der Waals surface area (Å²) in [7, 11) is -3.63. The Bertz CT molecular complexity index is 743. The molecule has 2 aliphatic rings. The van der Waals surface area contributed by atoms with Crippen LogP contribution >= 0.6 is 23.2 Å². The van der Waals surface area contributed by atoms with E-state index in [4.69, 9.17) is 23.2 Å². The smallest absolute Gasteiger partial charge is 0.243 e. The van der Waals surface area contributed by atoms with E-state index in [0.717, 1.165) is 25.9 Å². The van der Waals surface area contributed by atoms with Gasteiger partial charge in [-0.2, -0.15) is 4.31 Å². The highest BCUT2D eigenvalue weighted by atomic mass is 35.5. The summed E-state index contributed by atoms with van der Waals surface area (Å²) < 4.78 is 26.8. The first-order valence-electron chi connectivity index (χ1n) is 8.33. The Hall–Kier alpha value is -0.860. The summed E-state index contributed by atoms with van der Waals surface area (Å²) >= 11 is 11.8. The van der Waals surface area contributed by atoms with Crippen LogP contribution in [0.25, 0.3) is 0 Å². The summed E-state index contributed by atoms with van der Waals surface area (Å²) in [5.41, 5.74) is 0. The van der Waals surface area contributed by atoms with E-state index in [-0.39, 0.29) is 28.9 Å². The van der Waals surface area contributed by atoms with Gasteiger partial charge in [0.15, 0.2) is 0 Å². The first-order chi connectivity index (χ1) is 11.9. The molecule has 0 bridgehead atoms. The molecule has 0 unspecified atom stereocenters. The molecule has 2 aliphatic heterocycles. The predicted molar refractivity (Wildman–Crippen MR) is 97.5 cm³/mol. The number of halogens is 2. The van der Waals surface area contributed by atoms with Crippen molar-refractivity contribution in [3.63, 3.8) is 0 Å². The molecule has 9 heteroatoms. The highest BCUT2D eigenvalue weighted by Crippen LogP contribution is 2.27. The Morgan fingerprint density at radius 3 is 2.20 bits per heavy atom. The van der Waals surface area contributed by atoms with E-state index < -0.39 is 10.0 Å². The molecule has 0 N–H and O–H groups in total. The number of hydrogen-bond donors (Lipinski definition) is 0. The molecular formula is C16H21Cl2N3O3S. The number of piperazine rings is 1. The minimum absolute atomic E-state index is 0.0773. The van der Waals surface area contributed by atoms with Gasteiger partial charge in [0.05, 0.1) is 21.5 Å². The van der Waals surface area contributed by atoms with Crippen LogP contribution in [0, 0.1) is 0 Å². The van der Waals surface area contributed by atoms with Crippen LogP contribution in [0.15, 0.2) is 23.1 Å². The van der Waals surface area contributed by atoms with Gasteiger partial charge in [-0.25, -0.2) is 8.42 Å². The maximum Gasteiger partial charge on any atom is 0.243 e. The van der Waals surface area contributed by atoms with Crippen molar-refractivity contribution in [3.05, 3.63) is 28.2 Å². The standard InChI is InChI=1S/C16H21Cl2N3O3S/c17-14-4-3-13(11-15(14)18)25(23,24)21-9-7-20(8-10-21)16(22)12-19-5-1-2-6-19/h3-4,11H,1-2,5-10,12H2. The molecule has 0 aliphatic carbocycles. The molecule has 1 amide bonds. The Labute approximate surface area is 158 Å². The molecule has 2 saturated heterocycles. The lowest BCUT2D eigenvalue weighted by atomic mass is 10.3. The summed E-state index contributed by atoms with van der Waals surface area (Å²) in [4.78, 5) is 16.4. The maximum absolute atomic E-state index is 12.7. The number of amides is 1. The minimum Gasteiger partial charge on any atom is -0.339 e. The fourth-order valence-corrected chi connectivity index (χ4v) is 5.01. The van der Waals surface area contributed by atoms with Crippen LogP contribution in [0.1, 0.15) is 12.8 Å². The van der Waals surface area contributed by atoms with Gasteiger partial charge in [0.2, 0.25) is 15.9 Å². The number of rotatable bonds is 4. The molecule has 0 radical (unpaired) electrons. The Kier molecular flexibility index (Phi) is 5.90. The largest absolute Gasteiger partial charge is 0.339 e. The molecule has 25 heavy (non-hydrogen) atoms. The number of hydrogen-bond acceptors (Lipinski definition) is 4. The number of carbonyl (C=O) groups is 1. The van der Waals surface area contributed by atoms with Gasteiger partial charge < -0.3 is 4.90 Å². The van der Waals surface area contributed by atoms with Gasteiger partial charge >= 0.3 is 0 Å². The lowest BCUT2D eigenvalue weighted by Gasteiger charge is -2.34. The van der Waals surface area contributed by atoms with Gasteiger partial charge in [-0.05, 0) is 44.1 Å². The van der Waals surface area contributed by atoms with Crippen molar-refractivity contribution in [1.29, 1.82) is 0 Å². The molecule has 1 aromatic carbocycles. The Morgan fingerprint density at radius 2 is 1.60 bits per heavy atom. The highest BCUT2D eigenvalue weighted by Gasteiger charge is 2.31. The van der Waals surface area contributed by atoms with E-state index in [0.29, 0.717) is 24.7 Å². The zero-order chi connectivity index (χ0) is 18.0. The minimum atomic E-state index is -3.63. The van der Waals surface area contributed by atoms with E-state index in [1.807, 2.05) is 0 Å². The second-order valence-electron chi connectivity index (χ2n) is 6.34. The molecule has 6 nitrogen and oxygen atoms in total. The topological polar surface area (TPSA) is 60.9 Å². The van der Waals surface area contributed by atoms with Crippen molar-refractivity contribution in [2.45, 2.75) is 17.7 Å². The van der Waals surface area contributed by atoms with Gasteiger partial charge in [-0.3, -0.25) is 9.69 Å². The van der Waals surface area contributed by atoms with Crippen LogP contribution in [0.4, 0.5) is 0 Å². The quantitative estimate of drug-likeness (QED) is 0.767. The van der Waals surface area contributed by atoms with Gasteiger partial charge in [-0.1, -0.05) is 23.2 Å².